The Hall–Kier alpha value is -0.300. The SMILES string of the molecule is C=CC(C)(C)N1CCCCC1. The first-order valence-electron chi connectivity index (χ1n) is 4.55. The van der Waals surface area contributed by atoms with Crippen LogP contribution in [0.25, 0.3) is 0 Å². The van der Waals surface area contributed by atoms with Gasteiger partial charge in [0.2, 0.25) is 0 Å². The van der Waals surface area contributed by atoms with Crippen molar-refractivity contribution in [3.8, 4) is 0 Å². The van der Waals surface area contributed by atoms with Crippen molar-refractivity contribution >= 4 is 0 Å². The van der Waals surface area contributed by atoms with Gasteiger partial charge in [0.05, 0.1) is 0 Å². The average Bonchev–Trinajstić information content (AvgIpc) is 2.06. The third kappa shape index (κ3) is 2.06. The highest BCUT2D eigenvalue weighted by Crippen LogP contribution is 2.20. The van der Waals surface area contributed by atoms with E-state index >= 15 is 0 Å². The van der Waals surface area contributed by atoms with Crippen LogP contribution in [0, 0.1) is 0 Å². The zero-order chi connectivity index (χ0) is 8.32. The fourth-order valence-electron chi connectivity index (χ4n) is 1.60. The molecule has 0 aliphatic carbocycles. The summed E-state index contributed by atoms with van der Waals surface area (Å²) in [4.78, 5) is 2.52. The van der Waals surface area contributed by atoms with E-state index in [-0.39, 0.29) is 5.54 Å². The predicted octanol–water partition coefficient (Wildman–Crippen LogP) is 2.44. The lowest BCUT2D eigenvalue weighted by molar-refractivity contribution is 0.133. The molecule has 64 valence electrons. The molecule has 0 aromatic heterocycles. The number of hydrogen-bond donors (Lipinski definition) is 0. The molecule has 1 saturated heterocycles. The van der Waals surface area contributed by atoms with E-state index in [9.17, 15) is 0 Å². The molecule has 0 saturated carbocycles. The van der Waals surface area contributed by atoms with Crippen LogP contribution in [-0.2, 0) is 0 Å². The molecular weight excluding hydrogens is 134 g/mol. The maximum Gasteiger partial charge on any atom is 0.0332 e. The Labute approximate surface area is 70.1 Å². The van der Waals surface area contributed by atoms with E-state index in [1.54, 1.807) is 0 Å². The van der Waals surface area contributed by atoms with Crippen LogP contribution in [-0.4, -0.2) is 23.5 Å². The van der Waals surface area contributed by atoms with Crippen LogP contribution in [0.4, 0.5) is 0 Å². The van der Waals surface area contributed by atoms with Crippen molar-refractivity contribution in [1.29, 1.82) is 0 Å². The van der Waals surface area contributed by atoms with Gasteiger partial charge in [-0.3, -0.25) is 4.90 Å². The third-order valence-electron chi connectivity index (χ3n) is 2.67. The van der Waals surface area contributed by atoms with E-state index < -0.39 is 0 Å². The summed E-state index contributed by atoms with van der Waals surface area (Å²) in [5.74, 6) is 0. The second-order valence-electron chi connectivity index (χ2n) is 3.91. The van der Waals surface area contributed by atoms with Crippen LogP contribution in [0.1, 0.15) is 33.1 Å². The standard InChI is InChI=1S/C10H19N/c1-4-10(2,3)11-8-6-5-7-9-11/h4H,1,5-9H2,2-3H3. The molecule has 1 rings (SSSR count). The molecule has 0 aromatic rings. The molecule has 1 aliphatic heterocycles. The van der Waals surface area contributed by atoms with Gasteiger partial charge in [-0.25, -0.2) is 0 Å². The minimum Gasteiger partial charge on any atom is -0.295 e. The number of nitrogens with zero attached hydrogens (tertiary/aromatic N) is 1. The molecule has 0 amide bonds. The minimum atomic E-state index is 0.209. The van der Waals surface area contributed by atoms with Gasteiger partial charge in [-0.1, -0.05) is 12.5 Å². The quantitative estimate of drug-likeness (QED) is 0.551. The lowest BCUT2D eigenvalue weighted by Gasteiger charge is -2.38. The first-order valence-corrected chi connectivity index (χ1v) is 4.55. The number of piperidine rings is 1. The summed E-state index contributed by atoms with van der Waals surface area (Å²) in [6.45, 7) is 10.8. The summed E-state index contributed by atoms with van der Waals surface area (Å²) < 4.78 is 0. The Morgan fingerprint density at radius 3 is 2.18 bits per heavy atom. The maximum atomic E-state index is 3.87. The van der Waals surface area contributed by atoms with Crippen LogP contribution in [0.5, 0.6) is 0 Å². The molecule has 0 bridgehead atoms. The van der Waals surface area contributed by atoms with Crippen molar-refractivity contribution < 1.29 is 0 Å². The van der Waals surface area contributed by atoms with Crippen molar-refractivity contribution in [1.82, 2.24) is 4.90 Å². The second kappa shape index (κ2) is 3.40. The van der Waals surface area contributed by atoms with Gasteiger partial charge >= 0.3 is 0 Å². The molecule has 1 heteroatoms. The second-order valence-corrected chi connectivity index (χ2v) is 3.91. The van der Waals surface area contributed by atoms with Crippen LogP contribution in [0.3, 0.4) is 0 Å². The predicted molar refractivity (Wildman–Crippen MR) is 49.7 cm³/mol. The van der Waals surface area contributed by atoms with E-state index in [1.807, 2.05) is 0 Å². The van der Waals surface area contributed by atoms with Gasteiger partial charge in [-0.05, 0) is 39.8 Å². The Balaban J connectivity index is 2.50. The highest BCUT2D eigenvalue weighted by atomic mass is 15.2. The van der Waals surface area contributed by atoms with Crippen molar-refractivity contribution in [3.05, 3.63) is 12.7 Å². The maximum absolute atomic E-state index is 3.87. The smallest absolute Gasteiger partial charge is 0.0332 e. The highest BCUT2D eigenvalue weighted by molar-refractivity contribution is 4.97. The fraction of sp³-hybridized carbons (Fsp3) is 0.800. The van der Waals surface area contributed by atoms with Gasteiger partial charge in [-0.2, -0.15) is 0 Å². The lowest BCUT2D eigenvalue weighted by atomic mass is 9.99. The summed E-state index contributed by atoms with van der Waals surface area (Å²) in [6.07, 6.45) is 6.18. The van der Waals surface area contributed by atoms with Crippen LogP contribution in [0.15, 0.2) is 12.7 Å². The van der Waals surface area contributed by atoms with Gasteiger partial charge in [0.15, 0.2) is 0 Å². The van der Waals surface area contributed by atoms with E-state index in [1.165, 1.54) is 32.4 Å². The molecule has 0 unspecified atom stereocenters. The van der Waals surface area contributed by atoms with Crippen LogP contribution in [0.2, 0.25) is 0 Å². The van der Waals surface area contributed by atoms with Gasteiger partial charge in [0, 0.05) is 5.54 Å². The molecule has 0 radical (unpaired) electrons. The van der Waals surface area contributed by atoms with E-state index in [2.05, 4.69) is 31.4 Å². The highest BCUT2D eigenvalue weighted by Gasteiger charge is 2.23. The fourth-order valence-corrected chi connectivity index (χ4v) is 1.60. The van der Waals surface area contributed by atoms with Gasteiger partial charge in [0.1, 0.15) is 0 Å². The van der Waals surface area contributed by atoms with Gasteiger partial charge in [-0.15, -0.1) is 6.58 Å². The Morgan fingerprint density at radius 2 is 1.73 bits per heavy atom. The van der Waals surface area contributed by atoms with Gasteiger partial charge in [0.25, 0.3) is 0 Å². The zero-order valence-corrected chi connectivity index (χ0v) is 7.77. The van der Waals surface area contributed by atoms with Crippen molar-refractivity contribution in [2.24, 2.45) is 0 Å². The van der Waals surface area contributed by atoms with Crippen LogP contribution >= 0.6 is 0 Å². The molecule has 1 nitrogen and oxygen atoms in total. The molecule has 0 spiro atoms. The Morgan fingerprint density at radius 1 is 1.18 bits per heavy atom. The average molecular weight is 153 g/mol. The lowest BCUT2D eigenvalue weighted by Crippen LogP contribution is -2.45. The van der Waals surface area contributed by atoms with Crippen LogP contribution < -0.4 is 0 Å². The first-order chi connectivity index (χ1) is 5.17. The summed E-state index contributed by atoms with van der Waals surface area (Å²) in [5, 5.41) is 0. The molecule has 1 heterocycles. The molecule has 1 fully saturated rings. The number of rotatable bonds is 2. The first kappa shape index (κ1) is 8.79. The van der Waals surface area contributed by atoms with Crippen molar-refractivity contribution in [2.45, 2.75) is 38.6 Å². The number of hydrogen-bond acceptors (Lipinski definition) is 1. The Kier molecular flexibility index (Phi) is 2.72. The summed E-state index contributed by atoms with van der Waals surface area (Å²) in [6, 6.07) is 0. The monoisotopic (exact) mass is 153 g/mol. The number of likely N-dealkylation sites (tertiary alicyclic amines) is 1. The van der Waals surface area contributed by atoms with E-state index in [4.69, 9.17) is 0 Å². The summed E-state index contributed by atoms with van der Waals surface area (Å²) >= 11 is 0. The molecule has 0 N–H and O–H groups in total. The zero-order valence-electron chi connectivity index (χ0n) is 7.77. The van der Waals surface area contributed by atoms with Crippen molar-refractivity contribution in [2.75, 3.05) is 13.1 Å². The minimum absolute atomic E-state index is 0.209. The van der Waals surface area contributed by atoms with E-state index in [0.29, 0.717) is 0 Å². The molecule has 0 aromatic carbocycles. The normalized spacial score (nSPS) is 21.6. The largest absolute Gasteiger partial charge is 0.295 e. The topological polar surface area (TPSA) is 3.24 Å². The third-order valence-corrected chi connectivity index (χ3v) is 2.67. The van der Waals surface area contributed by atoms with Crippen molar-refractivity contribution in [3.63, 3.8) is 0 Å². The Bertz CT molecular complexity index is 132. The van der Waals surface area contributed by atoms with E-state index in [0.717, 1.165) is 0 Å². The molecule has 1 aliphatic rings. The molecule has 0 atom stereocenters. The van der Waals surface area contributed by atoms with Gasteiger partial charge < -0.3 is 0 Å². The summed E-state index contributed by atoms with van der Waals surface area (Å²) in [5.41, 5.74) is 0.209. The molecular formula is C10H19N. The molecule has 11 heavy (non-hydrogen) atoms. The summed E-state index contributed by atoms with van der Waals surface area (Å²) in [7, 11) is 0.